The van der Waals surface area contributed by atoms with Crippen LogP contribution >= 0.6 is 11.3 Å². The van der Waals surface area contributed by atoms with Crippen LogP contribution in [-0.4, -0.2) is 29.1 Å². The van der Waals surface area contributed by atoms with E-state index in [4.69, 9.17) is 14.2 Å². The standard InChI is InChI=1S/C23H22N2O4S/c1-3-10-25(23(26)17-6-9-20-21(11-17)29-15-28-20)12-18-14-30-22(24-18)13-27-19-7-4-16(2)5-8-19/h3-9,11,14H,1,10,12-13,15H2,2H3. The van der Waals surface area contributed by atoms with Crippen LogP contribution in [0.4, 0.5) is 0 Å². The van der Waals surface area contributed by atoms with Crippen molar-refractivity contribution in [2.45, 2.75) is 20.1 Å². The Labute approximate surface area is 179 Å². The monoisotopic (exact) mass is 422 g/mol. The highest BCUT2D eigenvalue weighted by atomic mass is 32.1. The number of aromatic nitrogens is 1. The van der Waals surface area contributed by atoms with Gasteiger partial charge in [-0.2, -0.15) is 0 Å². The van der Waals surface area contributed by atoms with Gasteiger partial charge < -0.3 is 19.1 Å². The number of fused-ring (bicyclic) bond motifs is 1. The molecule has 1 aromatic heterocycles. The Bertz CT molecular complexity index is 1050. The molecule has 0 unspecified atom stereocenters. The van der Waals surface area contributed by atoms with Gasteiger partial charge in [-0.3, -0.25) is 4.79 Å². The molecule has 7 heteroatoms. The summed E-state index contributed by atoms with van der Waals surface area (Å²) in [7, 11) is 0. The topological polar surface area (TPSA) is 60.9 Å². The summed E-state index contributed by atoms with van der Waals surface area (Å²) in [5, 5.41) is 2.82. The predicted octanol–water partition coefficient (Wildman–Crippen LogP) is 4.59. The number of nitrogens with zero attached hydrogens (tertiary/aromatic N) is 2. The van der Waals surface area contributed by atoms with Crippen LogP contribution in [0.3, 0.4) is 0 Å². The molecule has 1 amide bonds. The molecule has 1 aliphatic heterocycles. The zero-order valence-electron chi connectivity index (χ0n) is 16.7. The van der Waals surface area contributed by atoms with Gasteiger partial charge in [0.05, 0.1) is 12.2 Å². The van der Waals surface area contributed by atoms with E-state index in [0.717, 1.165) is 16.5 Å². The summed E-state index contributed by atoms with van der Waals surface area (Å²) in [6.45, 7) is 7.19. The third kappa shape index (κ3) is 4.63. The van der Waals surface area contributed by atoms with E-state index in [-0.39, 0.29) is 12.7 Å². The van der Waals surface area contributed by atoms with Gasteiger partial charge in [-0.1, -0.05) is 23.8 Å². The van der Waals surface area contributed by atoms with Gasteiger partial charge in [-0.05, 0) is 37.3 Å². The quantitative estimate of drug-likeness (QED) is 0.497. The summed E-state index contributed by atoms with van der Waals surface area (Å²) in [5.74, 6) is 1.94. The van der Waals surface area contributed by atoms with Gasteiger partial charge in [0.2, 0.25) is 6.79 Å². The maximum Gasteiger partial charge on any atom is 0.254 e. The second-order valence-corrected chi connectivity index (χ2v) is 7.82. The number of rotatable bonds is 8. The SMILES string of the molecule is C=CCN(Cc1csc(COc2ccc(C)cc2)n1)C(=O)c1ccc2c(c1)OCO2. The molecule has 3 aromatic rings. The van der Waals surface area contributed by atoms with Crippen LogP contribution in [0.5, 0.6) is 17.2 Å². The van der Waals surface area contributed by atoms with Gasteiger partial charge >= 0.3 is 0 Å². The van der Waals surface area contributed by atoms with E-state index in [0.29, 0.717) is 36.8 Å². The number of thiazole rings is 1. The third-order valence-electron chi connectivity index (χ3n) is 4.59. The molecule has 30 heavy (non-hydrogen) atoms. The highest BCUT2D eigenvalue weighted by Crippen LogP contribution is 2.33. The summed E-state index contributed by atoms with van der Waals surface area (Å²) in [5.41, 5.74) is 2.55. The van der Waals surface area contributed by atoms with Crippen molar-refractivity contribution in [3.8, 4) is 17.2 Å². The van der Waals surface area contributed by atoms with Crippen molar-refractivity contribution in [1.29, 1.82) is 0 Å². The van der Waals surface area contributed by atoms with Gasteiger partial charge in [0.1, 0.15) is 17.4 Å². The zero-order valence-corrected chi connectivity index (χ0v) is 17.5. The molecule has 154 valence electrons. The number of carbonyl (C=O) groups is 1. The molecule has 0 aliphatic carbocycles. The lowest BCUT2D eigenvalue weighted by atomic mass is 10.1. The Morgan fingerprint density at radius 1 is 1.23 bits per heavy atom. The van der Waals surface area contributed by atoms with Crippen molar-refractivity contribution in [3.05, 3.63) is 82.3 Å². The van der Waals surface area contributed by atoms with Gasteiger partial charge in [0, 0.05) is 17.5 Å². The molecule has 0 fully saturated rings. The zero-order chi connectivity index (χ0) is 20.9. The smallest absolute Gasteiger partial charge is 0.254 e. The van der Waals surface area contributed by atoms with E-state index in [1.165, 1.54) is 16.9 Å². The van der Waals surface area contributed by atoms with Gasteiger partial charge in [0.25, 0.3) is 5.91 Å². The lowest BCUT2D eigenvalue weighted by molar-refractivity contribution is 0.0760. The van der Waals surface area contributed by atoms with E-state index >= 15 is 0 Å². The van der Waals surface area contributed by atoms with E-state index in [1.54, 1.807) is 29.2 Å². The highest BCUT2D eigenvalue weighted by molar-refractivity contribution is 7.09. The van der Waals surface area contributed by atoms with Gasteiger partial charge in [0.15, 0.2) is 11.5 Å². The molecule has 0 saturated heterocycles. The van der Waals surface area contributed by atoms with E-state index in [9.17, 15) is 4.79 Å². The lowest BCUT2D eigenvalue weighted by Gasteiger charge is -2.20. The molecular weight excluding hydrogens is 400 g/mol. The van der Waals surface area contributed by atoms with Crippen LogP contribution in [0.1, 0.15) is 26.6 Å². The summed E-state index contributed by atoms with van der Waals surface area (Å²) in [6.07, 6.45) is 1.71. The fourth-order valence-electron chi connectivity index (χ4n) is 3.05. The van der Waals surface area contributed by atoms with Crippen LogP contribution in [0.2, 0.25) is 0 Å². The number of hydrogen-bond acceptors (Lipinski definition) is 6. The molecule has 1 aliphatic rings. The maximum absolute atomic E-state index is 13.0. The average Bonchev–Trinajstić information content (AvgIpc) is 3.41. The van der Waals surface area contributed by atoms with Crippen LogP contribution in [0.25, 0.3) is 0 Å². The van der Waals surface area contributed by atoms with Crippen molar-refractivity contribution in [1.82, 2.24) is 9.88 Å². The molecule has 0 radical (unpaired) electrons. The molecule has 2 aromatic carbocycles. The second-order valence-electron chi connectivity index (χ2n) is 6.88. The maximum atomic E-state index is 13.0. The Hall–Kier alpha value is -3.32. The molecule has 0 atom stereocenters. The van der Waals surface area contributed by atoms with Crippen LogP contribution in [0.15, 0.2) is 60.5 Å². The lowest BCUT2D eigenvalue weighted by Crippen LogP contribution is -2.30. The number of benzene rings is 2. The fraction of sp³-hybridized carbons (Fsp3) is 0.217. The number of ether oxygens (including phenoxy) is 3. The molecule has 0 bridgehead atoms. The van der Waals surface area contributed by atoms with Crippen LogP contribution in [0, 0.1) is 6.92 Å². The molecule has 0 saturated carbocycles. The predicted molar refractivity (Wildman–Crippen MR) is 115 cm³/mol. The fourth-order valence-corrected chi connectivity index (χ4v) is 3.75. The molecule has 4 rings (SSSR count). The normalized spacial score (nSPS) is 11.9. The minimum atomic E-state index is -0.112. The minimum Gasteiger partial charge on any atom is -0.486 e. The first-order valence-electron chi connectivity index (χ1n) is 9.55. The molecular formula is C23H22N2O4S. The molecule has 6 nitrogen and oxygen atoms in total. The Morgan fingerprint density at radius 3 is 2.83 bits per heavy atom. The van der Waals surface area contributed by atoms with E-state index in [1.807, 2.05) is 36.6 Å². The van der Waals surface area contributed by atoms with Crippen molar-refractivity contribution in [2.75, 3.05) is 13.3 Å². The number of amides is 1. The van der Waals surface area contributed by atoms with Gasteiger partial charge in [-0.15, -0.1) is 17.9 Å². The Kier molecular flexibility index (Phi) is 5.99. The Morgan fingerprint density at radius 2 is 2.03 bits per heavy atom. The first kappa shape index (κ1) is 20.0. The Balaban J connectivity index is 1.41. The van der Waals surface area contributed by atoms with Gasteiger partial charge in [-0.25, -0.2) is 4.98 Å². The van der Waals surface area contributed by atoms with Crippen molar-refractivity contribution in [3.63, 3.8) is 0 Å². The van der Waals surface area contributed by atoms with E-state index < -0.39 is 0 Å². The molecule has 0 N–H and O–H groups in total. The number of hydrogen-bond donors (Lipinski definition) is 0. The van der Waals surface area contributed by atoms with Crippen LogP contribution in [-0.2, 0) is 13.2 Å². The first-order chi connectivity index (χ1) is 14.6. The van der Waals surface area contributed by atoms with Crippen molar-refractivity contribution in [2.24, 2.45) is 0 Å². The van der Waals surface area contributed by atoms with Crippen molar-refractivity contribution < 1.29 is 19.0 Å². The second kappa shape index (κ2) is 9.00. The molecule has 2 heterocycles. The molecule has 0 spiro atoms. The van der Waals surface area contributed by atoms with Crippen molar-refractivity contribution >= 4 is 17.2 Å². The highest BCUT2D eigenvalue weighted by Gasteiger charge is 2.20. The first-order valence-corrected chi connectivity index (χ1v) is 10.4. The van der Waals surface area contributed by atoms with Crippen LogP contribution < -0.4 is 14.2 Å². The minimum absolute atomic E-state index is 0.112. The summed E-state index contributed by atoms with van der Waals surface area (Å²) < 4.78 is 16.5. The largest absolute Gasteiger partial charge is 0.486 e. The summed E-state index contributed by atoms with van der Waals surface area (Å²) in [6, 6.07) is 13.1. The summed E-state index contributed by atoms with van der Waals surface area (Å²) in [4.78, 5) is 19.3. The average molecular weight is 423 g/mol. The van der Waals surface area contributed by atoms with E-state index in [2.05, 4.69) is 11.6 Å². The number of carbonyl (C=O) groups excluding carboxylic acids is 1. The number of aryl methyl sites for hydroxylation is 1. The third-order valence-corrected chi connectivity index (χ3v) is 5.46. The summed E-state index contributed by atoms with van der Waals surface area (Å²) >= 11 is 1.52.